The monoisotopic (exact) mass is 329 g/mol. The van der Waals surface area contributed by atoms with E-state index in [0.29, 0.717) is 42.3 Å². The second-order valence-corrected chi connectivity index (χ2v) is 5.97. The van der Waals surface area contributed by atoms with Crippen molar-refractivity contribution in [2.75, 3.05) is 6.54 Å². The van der Waals surface area contributed by atoms with Gasteiger partial charge in [-0.15, -0.1) is 0 Å². The van der Waals surface area contributed by atoms with Gasteiger partial charge in [0.1, 0.15) is 0 Å². The molecule has 0 saturated heterocycles. The van der Waals surface area contributed by atoms with Crippen LogP contribution in [0.15, 0.2) is 31.9 Å². The van der Waals surface area contributed by atoms with Gasteiger partial charge in [-0.2, -0.15) is 9.97 Å². The molecule has 1 aliphatic rings. The Morgan fingerprint density at radius 1 is 1.12 bits per heavy atom. The molecule has 0 N–H and O–H groups in total. The van der Waals surface area contributed by atoms with Crippen molar-refractivity contribution in [2.24, 2.45) is 0 Å². The number of hydrogen-bond donors (Lipinski definition) is 0. The highest BCUT2D eigenvalue weighted by Crippen LogP contribution is 2.35. The summed E-state index contributed by atoms with van der Waals surface area (Å²) in [6, 6.07) is 3.57. The molecule has 3 heterocycles. The lowest BCUT2D eigenvalue weighted by molar-refractivity contribution is 0.246. The predicted molar refractivity (Wildman–Crippen MR) is 82.7 cm³/mol. The summed E-state index contributed by atoms with van der Waals surface area (Å²) >= 11 is 0. The normalized spacial score (nSPS) is 15.1. The smallest absolute Gasteiger partial charge is 0.293 e. The lowest BCUT2D eigenvalue weighted by atomic mass is 9.85. The summed E-state index contributed by atoms with van der Waals surface area (Å²) in [4.78, 5) is 11.0. The first-order valence-corrected chi connectivity index (χ1v) is 8.23. The van der Waals surface area contributed by atoms with Crippen LogP contribution in [0.2, 0.25) is 0 Å². The Labute approximate surface area is 138 Å². The first-order chi connectivity index (χ1) is 11.8. The summed E-state index contributed by atoms with van der Waals surface area (Å²) in [6.45, 7) is 4.03. The van der Waals surface area contributed by atoms with Crippen LogP contribution < -0.4 is 0 Å². The Bertz CT molecular complexity index is 775. The minimum atomic E-state index is 0.387. The number of aromatic nitrogens is 4. The van der Waals surface area contributed by atoms with Gasteiger partial charge in [0, 0.05) is 5.92 Å². The van der Waals surface area contributed by atoms with E-state index in [1.54, 1.807) is 18.4 Å². The highest BCUT2D eigenvalue weighted by Gasteiger charge is 2.25. The van der Waals surface area contributed by atoms with Gasteiger partial charge in [-0.25, -0.2) is 0 Å². The van der Waals surface area contributed by atoms with E-state index in [2.05, 4.69) is 32.1 Å². The molecule has 0 unspecified atom stereocenters. The predicted octanol–water partition coefficient (Wildman–Crippen LogP) is 3.00. The largest absolute Gasteiger partial charge is 0.459 e. The van der Waals surface area contributed by atoms with Crippen LogP contribution in [0.3, 0.4) is 0 Å². The van der Waals surface area contributed by atoms with Crippen molar-refractivity contribution < 1.29 is 13.5 Å². The Kier molecular flexibility index (Phi) is 4.12. The highest BCUT2D eigenvalue weighted by molar-refractivity contribution is 5.42. The van der Waals surface area contributed by atoms with E-state index >= 15 is 0 Å². The van der Waals surface area contributed by atoms with Crippen molar-refractivity contribution in [1.29, 1.82) is 0 Å². The molecule has 0 radical (unpaired) electrons. The van der Waals surface area contributed by atoms with Gasteiger partial charge < -0.3 is 13.5 Å². The van der Waals surface area contributed by atoms with Crippen LogP contribution in [0.4, 0.5) is 0 Å². The Morgan fingerprint density at radius 2 is 1.92 bits per heavy atom. The Morgan fingerprint density at radius 3 is 2.58 bits per heavy atom. The highest BCUT2D eigenvalue weighted by atomic mass is 16.5. The number of hydrogen-bond acceptors (Lipinski definition) is 8. The van der Waals surface area contributed by atoms with E-state index < -0.39 is 0 Å². The maximum atomic E-state index is 5.37. The molecule has 1 fully saturated rings. The molecule has 126 valence electrons. The lowest BCUT2D eigenvalue weighted by Crippen LogP contribution is -2.23. The minimum Gasteiger partial charge on any atom is -0.459 e. The van der Waals surface area contributed by atoms with Crippen LogP contribution in [0.25, 0.3) is 11.7 Å². The summed E-state index contributed by atoms with van der Waals surface area (Å²) in [7, 11) is 0. The molecule has 3 aromatic heterocycles. The van der Waals surface area contributed by atoms with Crippen LogP contribution in [-0.4, -0.2) is 31.7 Å². The van der Waals surface area contributed by atoms with E-state index in [1.807, 2.05) is 0 Å². The van der Waals surface area contributed by atoms with Gasteiger partial charge in [-0.05, 0) is 31.5 Å². The Balaban J connectivity index is 1.39. The van der Waals surface area contributed by atoms with Crippen LogP contribution in [0, 0.1) is 0 Å². The molecule has 1 aliphatic carbocycles. The van der Waals surface area contributed by atoms with Crippen LogP contribution in [0.1, 0.15) is 49.6 Å². The molecule has 0 amide bonds. The van der Waals surface area contributed by atoms with Gasteiger partial charge >= 0.3 is 0 Å². The molecule has 8 heteroatoms. The van der Waals surface area contributed by atoms with Gasteiger partial charge in [0.05, 0.1) is 19.4 Å². The van der Waals surface area contributed by atoms with Gasteiger partial charge in [0.25, 0.3) is 5.89 Å². The van der Waals surface area contributed by atoms with E-state index in [0.717, 1.165) is 25.3 Å². The van der Waals surface area contributed by atoms with E-state index in [-0.39, 0.29) is 0 Å². The fourth-order valence-electron chi connectivity index (χ4n) is 2.65. The third kappa shape index (κ3) is 3.09. The van der Waals surface area contributed by atoms with Crippen molar-refractivity contribution >= 4 is 0 Å². The maximum absolute atomic E-state index is 5.37. The average molecular weight is 329 g/mol. The zero-order valence-corrected chi connectivity index (χ0v) is 13.5. The quantitative estimate of drug-likeness (QED) is 0.653. The molecule has 0 aromatic carbocycles. The fourth-order valence-corrected chi connectivity index (χ4v) is 2.65. The van der Waals surface area contributed by atoms with Gasteiger partial charge in [0.2, 0.25) is 5.89 Å². The van der Waals surface area contributed by atoms with Gasteiger partial charge in [-0.3, -0.25) is 4.90 Å². The molecule has 8 nitrogen and oxygen atoms in total. The van der Waals surface area contributed by atoms with Crippen LogP contribution in [-0.2, 0) is 13.1 Å². The van der Waals surface area contributed by atoms with Crippen molar-refractivity contribution in [2.45, 2.75) is 45.2 Å². The number of rotatable bonds is 7. The van der Waals surface area contributed by atoms with Gasteiger partial charge in [-0.1, -0.05) is 23.7 Å². The Hall–Kier alpha value is -2.48. The molecular formula is C16H19N5O3. The first kappa shape index (κ1) is 15.1. The summed E-state index contributed by atoms with van der Waals surface area (Å²) in [5.41, 5.74) is 0. The van der Waals surface area contributed by atoms with Crippen molar-refractivity contribution in [1.82, 2.24) is 25.2 Å². The van der Waals surface area contributed by atoms with E-state index in [9.17, 15) is 0 Å². The third-order valence-electron chi connectivity index (χ3n) is 4.32. The molecule has 0 spiro atoms. The first-order valence-electron chi connectivity index (χ1n) is 8.23. The van der Waals surface area contributed by atoms with Crippen LogP contribution in [0.5, 0.6) is 0 Å². The number of furan rings is 1. The van der Waals surface area contributed by atoms with E-state index in [4.69, 9.17) is 13.5 Å². The topological polar surface area (TPSA) is 94.2 Å². The van der Waals surface area contributed by atoms with Gasteiger partial charge in [0.15, 0.2) is 17.4 Å². The molecular weight excluding hydrogens is 310 g/mol. The van der Waals surface area contributed by atoms with Crippen LogP contribution >= 0.6 is 0 Å². The standard InChI is InChI=1S/C16H19N5O3/c1-2-21(9-13-17-15(23-19-13)11-5-3-6-11)10-14-18-16(24-20-14)12-7-4-8-22-12/h4,7-8,11H,2-3,5-6,9-10H2,1H3. The molecule has 0 atom stereocenters. The fraction of sp³-hybridized carbons (Fsp3) is 0.500. The van der Waals surface area contributed by atoms with Crippen molar-refractivity contribution in [3.05, 3.63) is 35.9 Å². The summed E-state index contributed by atoms with van der Waals surface area (Å²) in [5.74, 6) is 3.49. The van der Waals surface area contributed by atoms with E-state index in [1.165, 1.54) is 6.42 Å². The summed E-state index contributed by atoms with van der Waals surface area (Å²) < 4.78 is 15.9. The molecule has 0 bridgehead atoms. The lowest BCUT2D eigenvalue weighted by Gasteiger charge is -2.20. The molecule has 24 heavy (non-hydrogen) atoms. The average Bonchev–Trinajstić information content (AvgIpc) is 3.26. The maximum Gasteiger partial charge on any atom is 0.293 e. The minimum absolute atomic E-state index is 0.387. The zero-order valence-electron chi connectivity index (χ0n) is 13.5. The summed E-state index contributed by atoms with van der Waals surface area (Å²) in [5, 5.41) is 8.09. The zero-order chi connectivity index (χ0) is 16.4. The third-order valence-corrected chi connectivity index (χ3v) is 4.32. The second kappa shape index (κ2) is 6.56. The van der Waals surface area contributed by atoms with Crippen molar-refractivity contribution in [3.8, 4) is 11.7 Å². The molecule has 1 saturated carbocycles. The summed E-state index contributed by atoms with van der Waals surface area (Å²) in [6.07, 6.45) is 5.13. The molecule has 0 aliphatic heterocycles. The molecule has 4 rings (SSSR count). The molecule has 3 aromatic rings. The second-order valence-electron chi connectivity index (χ2n) is 5.97. The SMILES string of the molecule is CCN(Cc1noc(-c2ccco2)n1)Cc1noc(C2CCC2)n1. The number of nitrogens with zero attached hydrogens (tertiary/aromatic N) is 5. The van der Waals surface area contributed by atoms with Crippen molar-refractivity contribution in [3.63, 3.8) is 0 Å².